The lowest BCUT2D eigenvalue weighted by Gasteiger charge is -2.36. The standard InChI is InChI=1S/C24H26N4O3.ClH/c1-26-17-10-11-18(26)14-16(13-17)25-24(29)22-20-8-3-4-9-21(20)27(2)23(22)15-6-5-7-19(12-15)28(30)31;/h3-9,12,16-18H,10-11,13-14H2,1-2H3,(H,25,29);1H. The second-order valence-electron chi connectivity index (χ2n) is 8.80. The molecule has 0 radical (unpaired) electrons. The number of aromatic nitrogens is 1. The van der Waals surface area contributed by atoms with E-state index < -0.39 is 4.92 Å². The Kier molecular flexibility index (Phi) is 5.97. The Bertz CT molecular complexity index is 1180. The van der Waals surface area contributed by atoms with Crippen LogP contribution in [0.3, 0.4) is 0 Å². The van der Waals surface area contributed by atoms with E-state index >= 15 is 0 Å². The van der Waals surface area contributed by atoms with Gasteiger partial charge < -0.3 is 14.8 Å². The van der Waals surface area contributed by atoms with Gasteiger partial charge in [0.1, 0.15) is 0 Å². The van der Waals surface area contributed by atoms with Crippen LogP contribution in [0.1, 0.15) is 36.0 Å². The van der Waals surface area contributed by atoms with Gasteiger partial charge in [-0.15, -0.1) is 12.4 Å². The summed E-state index contributed by atoms with van der Waals surface area (Å²) >= 11 is 0. The summed E-state index contributed by atoms with van der Waals surface area (Å²) in [4.78, 5) is 27.0. The van der Waals surface area contributed by atoms with Gasteiger partial charge in [0.25, 0.3) is 11.6 Å². The minimum Gasteiger partial charge on any atom is -0.349 e. The Hall–Kier alpha value is -2.90. The van der Waals surface area contributed by atoms with Crippen LogP contribution >= 0.6 is 12.4 Å². The van der Waals surface area contributed by atoms with Gasteiger partial charge in [-0.25, -0.2) is 0 Å². The first-order valence-electron chi connectivity index (χ1n) is 10.8. The van der Waals surface area contributed by atoms with Crippen molar-refractivity contribution >= 4 is 34.9 Å². The van der Waals surface area contributed by atoms with E-state index in [2.05, 4.69) is 17.3 Å². The van der Waals surface area contributed by atoms with E-state index in [1.54, 1.807) is 12.1 Å². The Morgan fingerprint density at radius 2 is 1.75 bits per heavy atom. The molecule has 2 aliphatic rings. The third-order valence-corrected chi connectivity index (χ3v) is 7.10. The lowest BCUT2D eigenvalue weighted by atomic mass is 9.97. The van der Waals surface area contributed by atoms with Crippen LogP contribution in [-0.2, 0) is 7.05 Å². The smallest absolute Gasteiger partial charge is 0.270 e. The number of fused-ring (bicyclic) bond motifs is 3. The molecule has 0 saturated carbocycles. The second-order valence-corrected chi connectivity index (χ2v) is 8.80. The zero-order valence-corrected chi connectivity index (χ0v) is 19.0. The van der Waals surface area contributed by atoms with Gasteiger partial charge in [0.15, 0.2) is 0 Å². The molecular weight excluding hydrogens is 428 g/mol. The molecule has 2 bridgehead atoms. The molecule has 2 aromatic carbocycles. The third kappa shape index (κ3) is 3.65. The van der Waals surface area contributed by atoms with Gasteiger partial charge in [0.2, 0.25) is 0 Å². The van der Waals surface area contributed by atoms with Crippen LogP contribution in [-0.4, -0.2) is 45.5 Å². The molecule has 2 saturated heterocycles. The number of hydrogen-bond acceptors (Lipinski definition) is 4. The second kappa shape index (κ2) is 8.56. The summed E-state index contributed by atoms with van der Waals surface area (Å²) in [5.74, 6) is -0.104. The largest absolute Gasteiger partial charge is 0.349 e. The van der Waals surface area contributed by atoms with E-state index in [4.69, 9.17) is 0 Å². The monoisotopic (exact) mass is 454 g/mol. The van der Waals surface area contributed by atoms with Gasteiger partial charge in [-0.2, -0.15) is 0 Å². The summed E-state index contributed by atoms with van der Waals surface area (Å²) in [6, 6.07) is 15.5. The Morgan fingerprint density at radius 1 is 1.06 bits per heavy atom. The maximum atomic E-state index is 13.6. The number of nitrogens with zero attached hydrogens (tertiary/aromatic N) is 3. The fourth-order valence-electron chi connectivity index (χ4n) is 5.51. The lowest BCUT2D eigenvalue weighted by molar-refractivity contribution is -0.384. The topological polar surface area (TPSA) is 80.4 Å². The summed E-state index contributed by atoms with van der Waals surface area (Å²) in [6.07, 6.45) is 4.33. The highest BCUT2D eigenvalue weighted by Crippen LogP contribution is 2.37. The maximum absolute atomic E-state index is 13.6. The highest BCUT2D eigenvalue weighted by molar-refractivity contribution is 6.13. The predicted molar refractivity (Wildman–Crippen MR) is 127 cm³/mol. The van der Waals surface area contributed by atoms with Crippen molar-refractivity contribution in [2.45, 2.75) is 43.8 Å². The fourth-order valence-corrected chi connectivity index (χ4v) is 5.51. The van der Waals surface area contributed by atoms with Crippen LogP contribution < -0.4 is 5.32 Å². The van der Waals surface area contributed by atoms with Crippen molar-refractivity contribution < 1.29 is 9.72 Å². The summed E-state index contributed by atoms with van der Waals surface area (Å²) in [5.41, 5.74) is 2.91. The van der Waals surface area contributed by atoms with Crippen molar-refractivity contribution in [3.05, 3.63) is 64.2 Å². The third-order valence-electron chi connectivity index (χ3n) is 7.10. The molecule has 3 heterocycles. The molecule has 8 heteroatoms. The average molecular weight is 455 g/mol. The number of benzene rings is 2. The van der Waals surface area contributed by atoms with Gasteiger partial charge in [0.05, 0.1) is 16.2 Å². The first kappa shape index (κ1) is 22.3. The van der Waals surface area contributed by atoms with E-state index in [0.29, 0.717) is 28.9 Å². The number of rotatable bonds is 4. The maximum Gasteiger partial charge on any atom is 0.270 e. The zero-order valence-electron chi connectivity index (χ0n) is 18.2. The van der Waals surface area contributed by atoms with Gasteiger partial charge in [0, 0.05) is 53.8 Å². The average Bonchev–Trinajstić information content (AvgIpc) is 3.15. The number of nitro benzene ring substituents is 1. The fraction of sp³-hybridized carbons (Fsp3) is 0.375. The highest BCUT2D eigenvalue weighted by atomic mass is 35.5. The van der Waals surface area contributed by atoms with Crippen LogP contribution in [0.5, 0.6) is 0 Å². The summed E-state index contributed by atoms with van der Waals surface area (Å²) < 4.78 is 1.96. The number of nitrogens with one attached hydrogen (secondary N) is 1. The molecule has 0 aliphatic carbocycles. The van der Waals surface area contributed by atoms with Crippen LogP contribution in [0.4, 0.5) is 5.69 Å². The first-order valence-corrected chi connectivity index (χ1v) is 10.8. The molecule has 7 nitrogen and oxygen atoms in total. The molecule has 1 N–H and O–H groups in total. The van der Waals surface area contributed by atoms with Gasteiger partial charge >= 0.3 is 0 Å². The van der Waals surface area contributed by atoms with E-state index in [1.165, 1.54) is 18.9 Å². The van der Waals surface area contributed by atoms with Gasteiger partial charge in [-0.3, -0.25) is 14.9 Å². The van der Waals surface area contributed by atoms with E-state index in [-0.39, 0.29) is 30.0 Å². The molecule has 2 unspecified atom stereocenters. The van der Waals surface area contributed by atoms with E-state index in [9.17, 15) is 14.9 Å². The molecule has 3 aromatic rings. The molecule has 2 atom stereocenters. The van der Waals surface area contributed by atoms with Crippen molar-refractivity contribution in [1.29, 1.82) is 0 Å². The number of hydrogen-bond donors (Lipinski definition) is 1. The molecule has 1 aromatic heterocycles. The Morgan fingerprint density at radius 3 is 2.44 bits per heavy atom. The molecule has 2 aliphatic heterocycles. The van der Waals surface area contributed by atoms with E-state index in [1.807, 2.05) is 41.9 Å². The van der Waals surface area contributed by atoms with Crippen molar-refractivity contribution in [2.75, 3.05) is 7.05 Å². The number of aryl methyl sites for hydroxylation is 1. The number of amides is 1. The molecule has 0 spiro atoms. The number of carbonyl (C=O) groups excluding carboxylic acids is 1. The highest BCUT2D eigenvalue weighted by Gasteiger charge is 2.39. The Labute approximate surface area is 193 Å². The minimum atomic E-state index is -0.403. The predicted octanol–water partition coefficient (Wildman–Crippen LogP) is 4.53. The van der Waals surface area contributed by atoms with Crippen molar-refractivity contribution in [1.82, 2.24) is 14.8 Å². The van der Waals surface area contributed by atoms with Crippen LogP contribution in [0.2, 0.25) is 0 Å². The molecular formula is C24H27ClN4O3. The molecule has 1 amide bonds. The number of piperidine rings is 1. The summed E-state index contributed by atoms with van der Waals surface area (Å²) in [6.45, 7) is 0. The van der Waals surface area contributed by atoms with Gasteiger partial charge in [-0.1, -0.05) is 30.3 Å². The summed E-state index contributed by atoms with van der Waals surface area (Å²) in [5, 5.41) is 15.5. The zero-order chi connectivity index (χ0) is 21.7. The normalized spacial score (nSPS) is 22.5. The molecule has 2 fully saturated rings. The van der Waals surface area contributed by atoms with Crippen LogP contribution in [0, 0.1) is 10.1 Å². The number of halogens is 1. The molecule has 5 rings (SSSR count). The lowest BCUT2D eigenvalue weighted by Crippen LogP contribution is -2.48. The van der Waals surface area contributed by atoms with Crippen molar-refractivity contribution in [3.63, 3.8) is 0 Å². The number of para-hydroxylation sites is 1. The first-order chi connectivity index (χ1) is 14.9. The Balaban J connectivity index is 0.00000245. The SMILES string of the molecule is CN1C2CCC1CC(NC(=O)c1c(-c3cccc([N+](=O)[O-])c3)n(C)c3ccccc13)C2.Cl. The van der Waals surface area contributed by atoms with E-state index in [0.717, 1.165) is 23.7 Å². The minimum absolute atomic E-state index is 0. The number of nitro groups is 1. The number of non-ortho nitro benzene ring substituents is 1. The van der Waals surface area contributed by atoms with Crippen LogP contribution in [0.25, 0.3) is 22.2 Å². The summed E-state index contributed by atoms with van der Waals surface area (Å²) in [7, 11) is 4.09. The van der Waals surface area contributed by atoms with Crippen molar-refractivity contribution in [3.8, 4) is 11.3 Å². The molecule has 168 valence electrons. The van der Waals surface area contributed by atoms with Gasteiger partial charge in [-0.05, 0) is 38.8 Å². The van der Waals surface area contributed by atoms with Crippen LogP contribution in [0.15, 0.2) is 48.5 Å². The number of carbonyl (C=O) groups is 1. The quantitative estimate of drug-likeness (QED) is 0.464. The molecule has 32 heavy (non-hydrogen) atoms. The van der Waals surface area contributed by atoms with Crippen molar-refractivity contribution in [2.24, 2.45) is 7.05 Å².